The van der Waals surface area contributed by atoms with Crippen molar-refractivity contribution in [2.45, 2.75) is 24.2 Å². The second-order valence-corrected chi connectivity index (χ2v) is 2.62. The third kappa shape index (κ3) is 2.83. The second-order valence-electron chi connectivity index (χ2n) is 2.62. The van der Waals surface area contributed by atoms with Gasteiger partial charge in [-0.05, 0) is 0 Å². The molecule has 0 aliphatic heterocycles. The van der Waals surface area contributed by atoms with Gasteiger partial charge in [-0.25, -0.2) is 4.39 Å². The van der Waals surface area contributed by atoms with Crippen LogP contribution in [-0.4, -0.2) is 68.0 Å². The van der Waals surface area contributed by atoms with E-state index >= 15 is 0 Å². The number of rotatable bonds is 5. The number of hydrogen-bond acceptors (Lipinski definition) is 6. The molecule has 0 radical (unpaired) electrons. The largest absolute Gasteiger partial charge is 0.394 e. The zero-order chi connectivity index (χ0) is 10.6. The molecule has 0 bridgehead atoms. The summed E-state index contributed by atoms with van der Waals surface area (Å²) in [4.78, 5) is 0. The molecule has 0 rings (SSSR count). The first kappa shape index (κ1) is 12.7. The highest BCUT2D eigenvalue weighted by Crippen LogP contribution is 2.20. The van der Waals surface area contributed by atoms with Gasteiger partial charge in [-0.3, -0.25) is 0 Å². The Morgan fingerprint density at radius 3 is 1.85 bits per heavy atom. The summed E-state index contributed by atoms with van der Waals surface area (Å²) in [5.74, 6) is -3.56. The minimum absolute atomic E-state index is 0.981. The van der Waals surface area contributed by atoms with Gasteiger partial charge in [-0.2, -0.15) is 0 Å². The maximum Gasteiger partial charge on any atom is 0.263 e. The molecule has 0 aliphatic rings. The zero-order valence-electron chi connectivity index (χ0n) is 6.71. The Morgan fingerprint density at radius 1 is 1.08 bits per heavy atom. The first-order valence-corrected chi connectivity index (χ1v) is 3.55. The zero-order valence-corrected chi connectivity index (χ0v) is 6.71. The maximum absolute atomic E-state index is 12.9. The second kappa shape index (κ2) is 4.80. The van der Waals surface area contributed by atoms with Crippen molar-refractivity contribution in [2.24, 2.45) is 0 Å². The molecular weight excluding hydrogens is 187 g/mol. The van der Waals surface area contributed by atoms with Gasteiger partial charge in [0.1, 0.15) is 18.3 Å². The van der Waals surface area contributed by atoms with Crippen LogP contribution in [0.2, 0.25) is 0 Å². The van der Waals surface area contributed by atoms with E-state index in [0.29, 0.717) is 0 Å². The number of hydrogen-bond donors (Lipinski definition) is 6. The summed E-state index contributed by atoms with van der Waals surface area (Å²) in [7, 11) is 0. The average Bonchev–Trinajstić information content (AvgIpc) is 2.13. The number of aliphatic hydroxyl groups is 6. The molecule has 0 fully saturated rings. The Labute approximate surface area is 73.5 Å². The van der Waals surface area contributed by atoms with E-state index in [-0.39, 0.29) is 0 Å². The summed E-state index contributed by atoms with van der Waals surface area (Å²) in [5.41, 5.74) is 0. The normalized spacial score (nSPS) is 23.3. The number of halogens is 1. The van der Waals surface area contributed by atoms with Gasteiger partial charge in [-0.1, -0.05) is 0 Å². The van der Waals surface area contributed by atoms with Gasteiger partial charge < -0.3 is 30.6 Å². The lowest BCUT2D eigenvalue weighted by Gasteiger charge is -2.30. The van der Waals surface area contributed by atoms with Crippen LogP contribution in [0.3, 0.4) is 0 Å². The molecule has 0 aromatic rings. The Morgan fingerprint density at radius 2 is 1.54 bits per heavy atom. The third-order valence-electron chi connectivity index (χ3n) is 1.61. The maximum atomic E-state index is 12.9. The van der Waals surface area contributed by atoms with Gasteiger partial charge in [-0.15, -0.1) is 0 Å². The van der Waals surface area contributed by atoms with Crippen LogP contribution >= 0.6 is 0 Å². The summed E-state index contributed by atoms with van der Waals surface area (Å²) in [6, 6.07) is 0. The van der Waals surface area contributed by atoms with Crippen LogP contribution in [0.1, 0.15) is 0 Å². The van der Waals surface area contributed by atoms with Crippen molar-refractivity contribution in [3.63, 3.8) is 0 Å². The lowest BCUT2D eigenvalue weighted by molar-refractivity contribution is -0.256. The minimum atomic E-state index is -3.56. The van der Waals surface area contributed by atoms with E-state index in [1.54, 1.807) is 0 Å². The molecule has 0 spiro atoms. The van der Waals surface area contributed by atoms with E-state index in [9.17, 15) is 4.39 Å². The van der Waals surface area contributed by atoms with Crippen LogP contribution < -0.4 is 0 Å². The van der Waals surface area contributed by atoms with Crippen LogP contribution in [0.4, 0.5) is 4.39 Å². The Hall–Kier alpha value is -0.310. The van der Waals surface area contributed by atoms with Crippen LogP contribution in [0, 0.1) is 0 Å². The van der Waals surface area contributed by atoms with Gasteiger partial charge in [0.15, 0.2) is 0 Å². The number of alkyl halides is 1. The van der Waals surface area contributed by atoms with Crippen molar-refractivity contribution in [1.29, 1.82) is 0 Å². The van der Waals surface area contributed by atoms with E-state index in [1.165, 1.54) is 0 Å². The molecule has 6 nitrogen and oxygen atoms in total. The lowest BCUT2D eigenvalue weighted by atomic mass is 10.0. The molecule has 7 heteroatoms. The van der Waals surface area contributed by atoms with Gasteiger partial charge in [0.05, 0.1) is 13.2 Å². The topological polar surface area (TPSA) is 121 Å². The van der Waals surface area contributed by atoms with Crippen molar-refractivity contribution in [3.05, 3.63) is 0 Å². The van der Waals surface area contributed by atoms with Crippen molar-refractivity contribution in [2.75, 3.05) is 13.2 Å². The lowest BCUT2D eigenvalue weighted by Crippen LogP contribution is -2.55. The predicted octanol–water partition coefficient (Wildman–Crippen LogP) is -3.29. The highest BCUT2D eigenvalue weighted by atomic mass is 19.2. The Kier molecular flexibility index (Phi) is 4.68. The summed E-state index contributed by atoms with van der Waals surface area (Å²) in [5, 5.41) is 51.5. The van der Waals surface area contributed by atoms with Crippen LogP contribution in [0.15, 0.2) is 0 Å². The van der Waals surface area contributed by atoms with E-state index in [4.69, 9.17) is 30.6 Å². The molecule has 13 heavy (non-hydrogen) atoms. The smallest absolute Gasteiger partial charge is 0.263 e. The molecule has 6 N–H and O–H groups in total. The van der Waals surface area contributed by atoms with E-state index in [2.05, 4.69) is 0 Å². The highest BCUT2D eigenvalue weighted by molar-refractivity contribution is 4.87. The van der Waals surface area contributed by atoms with Gasteiger partial charge in [0.2, 0.25) is 0 Å². The molecule has 0 aromatic carbocycles. The number of aliphatic hydroxyl groups excluding tert-OH is 5. The first-order valence-electron chi connectivity index (χ1n) is 3.55. The molecule has 4 atom stereocenters. The summed E-state index contributed by atoms with van der Waals surface area (Å²) in [6.45, 7) is -2.10. The van der Waals surface area contributed by atoms with Crippen LogP contribution in [0.25, 0.3) is 0 Å². The standard InChI is InChI=1S/C6H13FO6/c7-6(13,4(11)2-9)5(12)3(10)1-8/h3-5,8-13H,1-2H2/t3-,4+,5-,6-/m1/s1. The quantitative estimate of drug-likeness (QED) is 0.276. The molecule has 0 saturated carbocycles. The van der Waals surface area contributed by atoms with Gasteiger partial charge >= 0.3 is 0 Å². The summed E-state index contributed by atoms with van der Waals surface area (Å²) in [6.07, 6.45) is -6.57. The average molecular weight is 200 g/mol. The molecular formula is C6H13FO6. The van der Waals surface area contributed by atoms with Crippen molar-refractivity contribution >= 4 is 0 Å². The Bertz CT molecular complexity index is 152. The fraction of sp³-hybridized carbons (Fsp3) is 1.00. The van der Waals surface area contributed by atoms with E-state index in [0.717, 1.165) is 0 Å². The summed E-state index contributed by atoms with van der Waals surface area (Å²) >= 11 is 0. The monoisotopic (exact) mass is 200 g/mol. The van der Waals surface area contributed by atoms with Crippen LogP contribution in [0.5, 0.6) is 0 Å². The molecule has 0 amide bonds. The van der Waals surface area contributed by atoms with Gasteiger partial charge in [0, 0.05) is 0 Å². The molecule has 0 heterocycles. The third-order valence-corrected chi connectivity index (χ3v) is 1.61. The SMILES string of the molecule is OC[C@@H](O)[C@@H](O)[C@@](O)(F)[C@@H](O)CO. The van der Waals surface area contributed by atoms with Crippen molar-refractivity contribution in [1.82, 2.24) is 0 Å². The molecule has 0 saturated heterocycles. The van der Waals surface area contributed by atoms with Crippen molar-refractivity contribution in [3.8, 4) is 0 Å². The van der Waals surface area contributed by atoms with Crippen LogP contribution in [-0.2, 0) is 0 Å². The molecule has 0 aliphatic carbocycles. The molecule has 0 unspecified atom stereocenters. The Balaban J connectivity index is 4.42. The van der Waals surface area contributed by atoms with E-state index in [1.807, 2.05) is 0 Å². The fourth-order valence-corrected chi connectivity index (χ4v) is 0.695. The van der Waals surface area contributed by atoms with E-state index < -0.39 is 37.4 Å². The predicted molar refractivity (Wildman–Crippen MR) is 38.2 cm³/mol. The molecule has 80 valence electrons. The minimum Gasteiger partial charge on any atom is -0.394 e. The van der Waals surface area contributed by atoms with Crippen molar-refractivity contribution < 1.29 is 35.0 Å². The van der Waals surface area contributed by atoms with Gasteiger partial charge in [0.25, 0.3) is 5.85 Å². The molecule has 0 aromatic heterocycles. The summed E-state index contributed by atoms with van der Waals surface area (Å²) < 4.78 is 12.9. The first-order chi connectivity index (χ1) is 5.87. The highest BCUT2D eigenvalue weighted by Gasteiger charge is 2.46. The fourth-order valence-electron chi connectivity index (χ4n) is 0.695.